The summed E-state index contributed by atoms with van der Waals surface area (Å²) in [5.74, 6) is 0.274. The Morgan fingerprint density at radius 3 is 2.35 bits per heavy atom. The summed E-state index contributed by atoms with van der Waals surface area (Å²) in [6.07, 6.45) is 0. The number of anilines is 1. The van der Waals surface area contributed by atoms with E-state index in [2.05, 4.69) is 13.8 Å². The van der Waals surface area contributed by atoms with Crippen LogP contribution in [0.25, 0.3) is 0 Å². The van der Waals surface area contributed by atoms with Crippen LogP contribution in [0.1, 0.15) is 30.9 Å². The van der Waals surface area contributed by atoms with E-state index in [0.29, 0.717) is 11.5 Å². The highest BCUT2D eigenvalue weighted by molar-refractivity contribution is 7.84. The summed E-state index contributed by atoms with van der Waals surface area (Å²) >= 11 is 0. The van der Waals surface area contributed by atoms with Crippen molar-refractivity contribution >= 4 is 16.5 Å². The molecule has 1 unspecified atom stereocenters. The first-order chi connectivity index (χ1) is 9.47. The average molecular weight is 291 g/mol. The highest BCUT2D eigenvalue weighted by Gasteiger charge is 2.08. The van der Waals surface area contributed by atoms with Gasteiger partial charge in [0.2, 0.25) is 0 Å². The molecule has 0 spiro atoms. The first kappa shape index (κ1) is 14.7. The summed E-state index contributed by atoms with van der Waals surface area (Å²) in [5, 5.41) is 0. The zero-order chi connectivity index (χ0) is 14.7. The van der Waals surface area contributed by atoms with Crippen LogP contribution >= 0.6 is 0 Å². The quantitative estimate of drug-likeness (QED) is 0.870. The third-order valence-corrected chi connectivity index (χ3v) is 4.57. The summed E-state index contributed by atoms with van der Waals surface area (Å²) in [6.45, 7) is 4.23. The summed E-state index contributed by atoms with van der Waals surface area (Å²) in [4.78, 5) is 0.756. The maximum absolute atomic E-state index is 13.3. The Labute approximate surface area is 121 Å². The van der Waals surface area contributed by atoms with Crippen LogP contribution in [0.4, 0.5) is 10.1 Å². The molecule has 0 amide bonds. The van der Waals surface area contributed by atoms with Crippen LogP contribution in [0, 0.1) is 5.82 Å². The van der Waals surface area contributed by atoms with Crippen molar-refractivity contribution in [2.75, 3.05) is 5.73 Å². The third kappa shape index (κ3) is 3.45. The number of halogens is 1. The fraction of sp³-hybridized carbons (Fsp3) is 0.250. The van der Waals surface area contributed by atoms with Crippen LogP contribution in [-0.4, -0.2) is 4.21 Å². The molecule has 106 valence electrons. The second-order valence-electron chi connectivity index (χ2n) is 5.07. The van der Waals surface area contributed by atoms with Gasteiger partial charge in [-0.1, -0.05) is 32.0 Å². The molecule has 0 bridgehead atoms. The molecule has 0 aliphatic heterocycles. The second kappa shape index (κ2) is 6.18. The van der Waals surface area contributed by atoms with Crippen molar-refractivity contribution in [2.45, 2.75) is 30.4 Å². The predicted molar refractivity (Wildman–Crippen MR) is 81.5 cm³/mol. The lowest BCUT2D eigenvalue weighted by atomic mass is 10.0. The van der Waals surface area contributed by atoms with Crippen molar-refractivity contribution < 1.29 is 8.60 Å². The number of rotatable bonds is 4. The zero-order valence-electron chi connectivity index (χ0n) is 11.6. The maximum Gasteiger partial charge on any atom is 0.146 e. The van der Waals surface area contributed by atoms with Gasteiger partial charge in [-0.05, 0) is 41.3 Å². The third-order valence-electron chi connectivity index (χ3n) is 3.17. The average Bonchev–Trinajstić information content (AvgIpc) is 2.43. The predicted octanol–water partition coefficient (Wildman–Crippen LogP) is 3.84. The SMILES string of the molecule is CC(C)c1ccc(S(=O)Cc2ccc(N)c(F)c2)cc1. The van der Waals surface area contributed by atoms with Gasteiger partial charge in [-0.25, -0.2) is 4.39 Å². The smallest absolute Gasteiger partial charge is 0.146 e. The number of benzene rings is 2. The molecule has 0 heterocycles. The molecule has 2 nitrogen and oxygen atoms in total. The van der Waals surface area contributed by atoms with Crippen molar-refractivity contribution in [1.82, 2.24) is 0 Å². The van der Waals surface area contributed by atoms with Crippen molar-refractivity contribution in [2.24, 2.45) is 0 Å². The second-order valence-corrected chi connectivity index (χ2v) is 6.52. The molecule has 20 heavy (non-hydrogen) atoms. The Morgan fingerprint density at radius 2 is 1.80 bits per heavy atom. The highest BCUT2D eigenvalue weighted by atomic mass is 32.2. The lowest BCUT2D eigenvalue weighted by Crippen LogP contribution is -1.99. The minimum absolute atomic E-state index is 0.112. The Hall–Kier alpha value is -1.68. The van der Waals surface area contributed by atoms with Gasteiger partial charge in [-0.15, -0.1) is 0 Å². The maximum atomic E-state index is 13.3. The van der Waals surface area contributed by atoms with Crippen LogP contribution in [-0.2, 0) is 16.6 Å². The van der Waals surface area contributed by atoms with Gasteiger partial charge in [0, 0.05) is 4.90 Å². The molecule has 0 aliphatic rings. The first-order valence-corrected chi connectivity index (χ1v) is 7.81. The normalized spacial score (nSPS) is 12.6. The largest absolute Gasteiger partial charge is 0.396 e. The molecular formula is C16H18FNOS. The summed E-state index contributed by atoms with van der Waals surface area (Å²) < 4.78 is 25.6. The van der Waals surface area contributed by atoms with Crippen LogP contribution in [0.15, 0.2) is 47.4 Å². The summed E-state index contributed by atoms with van der Waals surface area (Å²) in [5.41, 5.74) is 7.43. The van der Waals surface area contributed by atoms with Gasteiger partial charge in [-0.3, -0.25) is 4.21 Å². The van der Waals surface area contributed by atoms with E-state index in [1.54, 1.807) is 6.07 Å². The lowest BCUT2D eigenvalue weighted by molar-refractivity contribution is 0.631. The van der Waals surface area contributed by atoms with Gasteiger partial charge in [0.05, 0.1) is 22.2 Å². The molecule has 0 fully saturated rings. The molecule has 0 saturated heterocycles. The fourth-order valence-electron chi connectivity index (χ4n) is 1.90. The lowest BCUT2D eigenvalue weighted by Gasteiger charge is -2.07. The van der Waals surface area contributed by atoms with Crippen LogP contribution in [0.5, 0.6) is 0 Å². The summed E-state index contributed by atoms with van der Waals surface area (Å²) in [7, 11) is -1.18. The monoisotopic (exact) mass is 291 g/mol. The van der Waals surface area contributed by atoms with E-state index in [-0.39, 0.29) is 11.4 Å². The van der Waals surface area contributed by atoms with Gasteiger partial charge in [0.15, 0.2) is 0 Å². The van der Waals surface area contributed by atoms with Crippen molar-refractivity contribution in [3.05, 3.63) is 59.4 Å². The molecular weight excluding hydrogens is 273 g/mol. The molecule has 4 heteroatoms. The van der Waals surface area contributed by atoms with Gasteiger partial charge in [0.1, 0.15) is 5.82 Å². The minimum atomic E-state index is -1.18. The van der Waals surface area contributed by atoms with E-state index in [1.165, 1.54) is 17.7 Å². The molecule has 0 saturated carbocycles. The standard InChI is InChI=1S/C16H18FNOS/c1-11(2)13-4-6-14(7-5-13)20(19)10-12-3-8-16(18)15(17)9-12/h3-9,11H,10,18H2,1-2H3. The summed E-state index contributed by atoms with van der Waals surface area (Å²) in [6, 6.07) is 12.3. The van der Waals surface area contributed by atoms with Crippen molar-refractivity contribution in [3.63, 3.8) is 0 Å². The molecule has 0 aliphatic carbocycles. The molecule has 2 N–H and O–H groups in total. The molecule has 0 aromatic heterocycles. The van der Waals surface area contributed by atoms with Gasteiger partial charge >= 0.3 is 0 Å². The Kier molecular flexibility index (Phi) is 4.55. The Morgan fingerprint density at radius 1 is 1.15 bits per heavy atom. The molecule has 1 atom stereocenters. The van der Waals surface area contributed by atoms with Crippen LogP contribution in [0.3, 0.4) is 0 Å². The number of nitrogens with two attached hydrogens (primary N) is 1. The molecule has 2 aromatic carbocycles. The van der Waals surface area contributed by atoms with Gasteiger partial charge < -0.3 is 5.73 Å². The van der Waals surface area contributed by atoms with Crippen LogP contribution < -0.4 is 5.73 Å². The van der Waals surface area contributed by atoms with E-state index < -0.39 is 16.6 Å². The molecule has 2 rings (SSSR count). The number of hydrogen-bond acceptors (Lipinski definition) is 2. The van der Waals surface area contributed by atoms with E-state index in [9.17, 15) is 8.60 Å². The zero-order valence-corrected chi connectivity index (χ0v) is 12.4. The van der Waals surface area contributed by atoms with E-state index in [4.69, 9.17) is 5.73 Å². The van der Waals surface area contributed by atoms with E-state index >= 15 is 0 Å². The number of hydrogen-bond donors (Lipinski definition) is 1. The topological polar surface area (TPSA) is 43.1 Å². The minimum Gasteiger partial charge on any atom is -0.396 e. The van der Waals surface area contributed by atoms with Crippen molar-refractivity contribution in [1.29, 1.82) is 0 Å². The van der Waals surface area contributed by atoms with Gasteiger partial charge in [-0.2, -0.15) is 0 Å². The van der Waals surface area contributed by atoms with Gasteiger partial charge in [0.25, 0.3) is 0 Å². The first-order valence-electron chi connectivity index (χ1n) is 6.49. The molecule has 2 aromatic rings. The van der Waals surface area contributed by atoms with Crippen LogP contribution in [0.2, 0.25) is 0 Å². The van der Waals surface area contributed by atoms with E-state index in [1.807, 2.05) is 24.3 Å². The number of nitrogen functional groups attached to an aromatic ring is 1. The fourth-order valence-corrected chi connectivity index (χ4v) is 2.99. The molecule has 0 radical (unpaired) electrons. The Balaban J connectivity index is 2.13. The van der Waals surface area contributed by atoms with Crippen molar-refractivity contribution in [3.8, 4) is 0 Å². The van der Waals surface area contributed by atoms with E-state index in [0.717, 1.165) is 4.90 Å². The Bertz CT molecular complexity index is 623. The highest BCUT2D eigenvalue weighted by Crippen LogP contribution is 2.19.